The number of nitrogens with zero attached hydrogens (tertiary/aromatic N) is 2. The molecule has 1 aliphatic heterocycles. The average Bonchev–Trinajstić information content (AvgIpc) is 2.41. The van der Waals surface area contributed by atoms with E-state index in [2.05, 4.69) is 24.2 Å². The van der Waals surface area contributed by atoms with Gasteiger partial charge in [-0.1, -0.05) is 6.92 Å². The van der Waals surface area contributed by atoms with E-state index < -0.39 is 5.60 Å². The van der Waals surface area contributed by atoms with Crippen LogP contribution in [0.15, 0.2) is 0 Å². The van der Waals surface area contributed by atoms with Crippen molar-refractivity contribution < 1.29 is 9.53 Å². The molecule has 1 atom stereocenters. The van der Waals surface area contributed by atoms with E-state index >= 15 is 0 Å². The minimum absolute atomic E-state index is 0.169. The zero-order valence-electron chi connectivity index (χ0n) is 14.4. The van der Waals surface area contributed by atoms with E-state index in [1.807, 2.05) is 25.7 Å². The number of ether oxygens (including phenoxy) is 1. The number of hydrogen-bond donors (Lipinski definition) is 1. The van der Waals surface area contributed by atoms with Crippen LogP contribution in [0.3, 0.4) is 0 Å². The fourth-order valence-electron chi connectivity index (χ4n) is 2.46. The smallest absolute Gasteiger partial charge is 0.410 e. The SMILES string of the molecule is CCN(C)CCNCC1CCCN(C(=O)OC(C)(C)C)C1. The summed E-state index contributed by atoms with van der Waals surface area (Å²) in [5.41, 5.74) is -0.410. The van der Waals surface area contributed by atoms with E-state index in [1.165, 1.54) is 6.42 Å². The molecule has 0 aromatic rings. The topological polar surface area (TPSA) is 44.8 Å². The Morgan fingerprint density at radius 3 is 2.76 bits per heavy atom. The van der Waals surface area contributed by atoms with Crippen molar-refractivity contribution in [3.63, 3.8) is 0 Å². The van der Waals surface area contributed by atoms with Crippen molar-refractivity contribution in [1.82, 2.24) is 15.1 Å². The van der Waals surface area contributed by atoms with E-state index in [-0.39, 0.29) is 6.09 Å². The molecule has 5 nitrogen and oxygen atoms in total. The zero-order valence-corrected chi connectivity index (χ0v) is 14.4. The van der Waals surface area contributed by atoms with Crippen molar-refractivity contribution in [2.24, 2.45) is 5.92 Å². The van der Waals surface area contributed by atoms with Gasteiger partial charge in [0, 0.05) is 26.2 Å². The van der Waals surface area contributed by atoms with Gasteiger partial charge in [0.1, 0.15) is 5.60 Å². The lowest BCUT2D eigenvalue weighted by atomic mass is 9.98. The van der Waals surface area contributed by atoms with E-state index in [0.717, 1.165) is 45.7 Å². The standard InChI is InChI=1S/C16H33N3O2/c1-6-18(5)11-9-17-12-14-8-7-10-19(13-14)15(20)21-16(2,3)4/h14,17H,6-13H2,1-5H3. The lowest BCUT2D eigenvalue weighted by molar-refractivity contribution is 0.0166. The Balaban J connectivity index is 2.27. The van der Waals surface area contributed by atoms with Gasteiger partial charge in [-0.3, -0.25) is 0 Å². The summed E-state index contributed by atoms with van der Waals surface area (Å²) in [7, 11) is 2.13. The van der Waals surface area contributed by atoms with Crippen LogP contribution in [0.2, 0.25) is 0 Å². The highest BCUT2D eigenvalue weighted by molar-refractivity contribution is 5.68. The van der Waals surface area contributed by atoms with Crippen molar-refractivity contribution in [2.45, 2.75) is 46.1 Å². The number of likely N-dealkylation sites (tertiary alicyclic amines) is 1. The molecule has 0 spiro atoms. The second-order valence-corrected chi connectivity index (χ2v) is 7.03. The highest BCUT2D eigenvalue weighted by Gasteiger charge is 2.27. The molecule has 1 N–H and O–H groups in total. The van der Waals surface area contributed by atoms with E-state index in [4.69, 9.17) is 4.74 Å². The maximum absolute atomic E-state index is 12.1. The van der Waals surface area contributed by atoms with E-state index in [9.17, 15) is 4.79 Å². The molecular weight excluding hydrogens is 266 g/mol. The summed E-state index contributed by atoms with van der Waals surface area (Å²) >= 11 is 0. The first-order valence-electron chi connectivity index (χ1n) is 8.19. The Kier molecular flexibility index (Phi) is 7.46. The van der Waals surface area contributed by atoms with Gasteiger partial charge in [-0.15, -0.1) is 0 Å². The van der Waals surface area contributed by atoms with Crippen molar-refractivity contribution in [1.29, 1.82) is 0 Å². The molecule has 0 aromatic carbocycles. The highest BCUT2D eigenvalue weighted by Crippen LogP contribution is 2.18. The molecule has 1 fully saturated rings. The van der Waals surface area contributed by atoms with Crippen LogP contribution in [0.1, 0.15) is 40.5 Å². The normalized spacial score (nSPS) is 19.9. The number of hydrogen-bond acceptors (Lipinski definition) is 4. The maximum atomic E-state index is 12.1. The predicted octanol–water partition coefficient (Wildman–Crippen LogP) is 2.17. The molecule has 0 aliphatic carbocycles. The molecule has 1 unspecified atom stereocenters. The van der Waals surface area contributed by atoms with Gasteiger partial charge in [0.25, 0.3) is 0 Å². The lowest BCUT2D eigenvalue weighted by Crippen LogP contribution is -2.45. The van der Waals surface area contributed by atoms with Crippen molar-refractivity contribution in [2.75, 3.05) is 46.3 Å². The minimum atomic E-state index is -0.410. The lowest BCUT2D eigenvalue weighted by Gasteiger charge is -2.34. The van der Waals surface area contributed by atoms with Crippen molar-refractivity contribution in [3.05, 3.63) is 0 Å². The Morgan fingerprint density at radius 2 is 2.14 bits per heavy atom. The molecule has 1 rings (SSSR count). The molecule has 124 valence electrons. The summed E-state index contributed by atoms with van der Waals surface area (Å²) in [5, 5.41) is 3.51. The van der Waals surface area contributed by atoms with E-state index in [0.29, 0.717) is 5.92 Å². The third kappa shape index (κ3) is 7.67. The van der Waals surface area contributed by atoms with Crippen LogP contribution < -0.4 is 5.32 Å². The molecule has 0 saturated carbocycles. The molecule has 1 saturated heterocycles. The third-order valence-electron chi connectivity index (χ3n) is 3.81. The van der Waals surface area contributed by atoms with Crippen molar-refractivity contribution >= 4 is 6.09 Å². The van der Waals surface area contributed by atoms with Crippen LogP contribution in [-0.2, 0) is 4.74 Å². The molecule has 21 heavy (non-hydrogen) atoms. The molecule has 0 radical (unpaired) electrons. The number of carbonyl (C=O) groups excluding carboxylic acids is 1. The first-order valence-corrected chi connectivity index (χ1v) is 8.19. The summed E-state index contributed by atoms with van der Waals surface area (Å²) in [6, 6.07) is 0. The Hall–Kier alpha value is -0.810. The Labute approximate surface area is 130 Å². The zero-order chi connectivity index (χ0) is 15.9. The number of carbonyl (C=O) groups is 1. The number of rotatable bonds is 6. The minimum Gasteiger partial charge on any atom is -0.444 e. The quantitative estimate of drug-likeness (QED) is 0.764. The molecule has 1 aliphatic rings. The molecule has 1 heterocycles. The molecule has 0 bridgehead atoms. The van der Waals surface area contributed by atoms with Crippen LogP contribution in [-0.4, -0.2) is 67.8 Å². The number of nitrogens with one attached hydrogen (secondary N) is 1. The van der Waals surface area contributed by atoms with Crippen LogP contribution in [0.5, 0.6) is 0 Å². The van der Waals surface area contributed by atoms with Crippen molar-refractivity contribution in [3.8, 4) is 0 Å². The summed E-state index contributed by atoms with van der Waals surface area (Å²) in [6.45, 7) is 13.7. The van der Waals surface area contributed by atoms with Gasteiger partial charge in [0.05, 0.1) is 0 Å². The molecule has 5 heteroatoms. The van der Waals surface area contributed by atoms with Crippen LogP contribution in [0.4, 0.5) is 4.79 Å². The van der Waals surface area contributed by atoms with Gasteiger partial charge in [0.15, 0.2) is 0 Å². The van der Waals surface area contributed by atoms with E-state index in [1.54, 1.807) is 0 Å². The molecular formula is C16H33N3O2. The number of likely N-dealkylation sites (N-methyl/N-ethyl adjacent to an activating group) is 1. The van der Waals surface area contributed by atoms with Gasteiger partial charge in [0.2, 0.25) is 0 Å². The summed E-state index contributed by atoms with van der Waals surface area (Å²) in [6.07, 6.45) is 2.09. The number of piperidine rings is 1. The van der Waals surface area contributed by atoms with Gasteiger partial charge in [-0.05, 0) is 59.7 Å². The van der Waals surface area contributed by atoms with Crippen LogP contribution in [0.25, 0.3) is 0 Å². The second-order valence-electron chi connectivity index (χ2n) is 7.03. The first kappa shape index (κ1) is 18.2. The summed E-state index contributed by atoms with van der Waals surface area (Å²) in [5.74, 6) is 0.540. The molecule has 1 amide bonds. The fourth-order valence-corrected chi connectivity index (χ4v) is 2.46. The monoisotopic (exact) mass is 299 g/mol. The largest absolute Gasteiger partial charge is 0.444 e. The van der Waals surface area contributed by atoms with Crippen LogP contribution >= 0.6 is 0 Å². The maximum Gasteiger partial charge on any atom is 0.410 e. The fraction of sp³-hybridized carbons (Fsp3) is 0.938. The Morgan fingerprint density at radius 1 is 1.43 bits per heavy atom. The van der Waals surface area contributed by atoms with Gasteiger partial charge in [-0.2, -0.15) is 0 Å². The Bertz CT molecular complexity index is 315. The summed E-state index contributed by atoms with van der Waals surface area (Å²) < 4.78 is 5.46. The first-order chi connectivity index (χ1) is 9.81. The highest BCUT2D eigenvalue weighted by atomic mass is 16.6. The second kappa shape index (κ2) is 8.59. The number of amides is 1. The van der Waals surface area contributed by atoms with Gasteiger partial charge in [-0.25, -0.2) is 4.79 Å². The molecule has 0 aromatic heterocycles. The van der Waals surface area contributed by atoms with Gasteiger partial charge >= 0.3 is 6.09 Å². The summed E-state index contributed by atoms with van der Waals surface area (Å²) in [4.78, 5) is 16.2. The third-order valence-corrected chi connectivity index (χ3v) is 3.81. The predicted molar refractivity (Wildman–Crippen MR) is 86.6 cm³/mol. The van der Waals surface area contributed by atoms with Crippen LogP contribution in [0, 0.1) is 5.92 Å². The van der Waals surface area contributed by atoms with Gasteiger partial charge < -0.3 is 19.9 Å². The average molecular weight is 299 g/mol.